The van der Waals surface area contributed by atoms with Gasteiger partial charge in [-0.3, -0.25) is 4.90 Å². The first-order chi connectivity index (χ1) is 15.2. The van der Waals surface area contributed by atoms with E-state index in [0.717, 1.165) is 22.8 Å². The second-order valence-corrected chi connectivity index (χ2v) is 9.40. The van der Waals surface area contributed by atoms with Crippen molar-refractivity contribution in [2.24, 2.45) is 0 Å². The molecule has 0 radical (unpaired) electrons. The fraction of sp³-hybridized carbons (Fsp3) is 0.296. The van der Waals surface area contributed by atoms with Crippen molar-refractivity contribution in [1.82, 2.24) is 5.32 Å². The Balaban J connectivity index is 1.55. The first kappa shape index (κ1) is 22.0. The minimum Gasteiger partial charge on any atom is -0.334 e. The summed E-state index contributed by atoms with van der Waals surface area (Å²) in [6.45, 7) is 6.78. The van der Waals surface area contributed by atoms with Crippen molar-refractivity contribution in [2.45, 2.75) is 51.6 Å². The van der Waals surface area contributed by atoms with Crippen LogP contribution < -0.4 is 10.2 Å². The standard InChI is InChI=1S/C27H28F2N2O/c1-27(2,3)21-10-8-18(9-11-21)17-30-26(32)31(25-13-12-22(28)16-24(25)29)23-14-19-6-4-5-7-20(19)15-23/h4-13,16,23H,14-15,17H2,1-3H3,(H,30,32). The van der Waals surface area contributed by atoms with Crippen molar-refractivity contribution < 1.29 is 13.6 Å². The highest BCUT2D eigenvalue weighted by Gasteiger charge is 2.32. The summed E-state index contributed by atoms with van der Waals surface area (Å²) in [4.78, 5) is 14.7. The third-order valence-corrected chi connectivity index (χ3v) is 6.05. The molecule has 0 saturated carbocycles. The summed E-state index contributed by atoms with van der Waals surface area (Å²) in [6, 6.07) is 18.8. The van der Waals surface area contributed by atoms with Gasteiger partial charge in [0.25, 0.3) is 0 Å². The van der Waals surface area contributed by atoms with Gasteiger partial charge < -0.3 is 5.32 Å². The van der Waals surface area contributed by atoms with Gasteiger partial charge in [0.05, 0.1) is 5.69 Å². The summed E-state index contributed by atoms with van der Waals surface area (Å²) in [5.41, 5.74) is 4.61. The van der Waals surface area contributed by atoms with Gasteiger partial charge in [-0.2, -0.15) is 0 Å². The molecule has 4 rings (SSSR count). The van der Waals surface area contributed by atoms with Crippen LogP contribution in [0.2, 0.25) is 0 Å². The summed E-state index contributed by atoms with van der Waals surface area (Å²) in [6.07, 6.45) is 1.25. The number of carbonyl (C=O) groups excluding carboxylic acids is 1. The molecule has 2 amide bonds. The van der Waals surface area contributed by atoms with E-state index >= 15 is 0 Å². The monoisotopic (exact) mass is 434 g/mol. The average molecular weight is 435 g/mol. The van der Waals surface area contributed by atoms with E-state index in [1.807, 2.05) is 36.4 Å². The Bertz CT molecular complexity index is 1090. The molecule has 0 bridgehead atoms. The summed E-state index contributed by atoms with van der Waals surface area (Å²) in [5, 5.41) is 2.93. The fourth-order valence-corrected chi connectivity index (χ4v) is 4.25. The number of fused-ring (bicyclic) bond motifs is 1. The van der Waals surface area contributed by atoms with E-state index < -0.39 is 17.7 Å². The third-order valence-electron chi connectivity index (χ3n) is 6.05. The first-order valence-electron chi connectivity index (χ1n) is 10.9. The van der Waals surface area contributed by atoms with Gasteiger partial charge in [0.15, 0.2) is 0 Å². The van der Waals surface area contributed by atoms with Gasteiger partial charge >= 0.3 is 6.03 Å². The predicted molar refractivity (Wildman–Crippen MR) is 124 cm³/mol. The zero-order chi connectivity index (χ0) is 22.9. The van der Waals surface area contributed by atoms with Crippen LogP contribution in [0.1, 0.15) is 43.0 Å². The van der Waals surface area contributed by atoms with Gasteiger partial charge in [0.1, 0.15) is 11.6 Å². The highest BCUT2D eigenvalue weighted by atomic mass is 19.1. The van der Waals surface area contributed by atoms with Crippen LogP contribution >= 0.6 is 0 Å². The maximum Gasteiger partial charge on any atom is 0.322 e. The average Bonchev–Trinajstić information content (AvgIpc) is 3.17. The van der Waals surface area contributed by atoms with Gasteiger partial charge in [-0.15, -0.1) is 0 Å². The molecular formula is C27H28F2N2O. The number of rotatable bonds is 4. The number of anilines is 1. The Kier molecular flexibility index (Phi) is 6.00. The Labute approximate surface area is 188 Å². The molecule has 0 fully saturated rings. The molecule has 1 aliphatic rings. The maximum absolute atomic E-state index is 14.7. The zero-order valence-corrected chi connectivity index (χ0v) is 18.7. The largest absolute Gasteiger partial charge is 0.334 e. The molecule has 3 nitrogen and oxygen atoms in total. The smallest absolute Gasteiger partial charge is 0.322 e. The lowest BCUT2D eigenvalue weighted by atomic mass is 9.87. The van der Waals surface area contributed by atoms with Crippen molar-refractivity contribution in [3.8, 4) is 0 Å². The molecule has 32 heavy (non-hydrogen) atoms. The third kappa shape index (κ3) is 4.67. The maximum atomic E-state index is 14.7. The van der Waals surface area contributed by atoms with Crippen molar-refractivity contribution in [3.05, 3.63) is 101 Å². The number of urea groups is 1. The van der Waals surface area contributed by atoms with Crippen molar-refractivity contribution in [1.29, 1.82) is 0 Å². The second-order valence-electron chi connectivity index (χ2n) is 9.40. The summed E-state index contributed by atoms with van der Waals surface area (Å²) >= 11 is 0. The molecule has 0 saturated heterocycles. The molecule has 0 aliphatic heterocycles. The summed E-state index contributed by atoms with van der Waals surface area (Å²) in [7, 11) is 0. The van der Waals surface area contributed by atoms with Gasteiger partial charge in [0.2, 0.25) is 0 Å². The molecule has 5 heteroatoms. The van der Waals surface area contributed by atoms with Crippen molar-refractivity contribution in [3.63, 3.8) is 0 Å². The number of hydrogen-bond acceptors (Lipinski definition) is 1. The Morgan fingerprint density at radius 2 is 1.59 bits per heavy atom. The number of benzene rings is 3. The molecule has 166 valence electrons. The molecule has 0 aromatic heterocycles. The minimum absolute atomic E-state index is 0.0518. The normalized spacial score (nSPS) is 13.7. The van der Waals surface area contributed by atoms with E-state index in [4.69, 9.17) is 0 Å². The molecule has 0 spiro atoms. The molecule has 0 unspecified atom stereocenters. The number of amides is 2. The molecule has 3 aromatic rings. The quantitative estimate of drug-likeness (QED) is 0.525. The Morgan fingerprint density at radius 3 is 2.16 bits per heavy atom. The van der Waals surface area contributed by atoms with E-state index in [1.54, 1.807) is 0 Å². The van der Waals surface area contributed by atoms with E-state index in [9.17, 15) is 13.6 Å². The van der Waals surface area contributed by atoms with Crippen LogP contribution in [0.15, 0.2) is 66.7 Å². The topological polar surface area (TPSA) is 32.3 Å². The lowest BCUT2D eigenvalue weighted by Crippen LogP contribution is -2.47. The van der Waals surface area contributed by atoms with Gasteiger partial charge in [-0.05, 0) is 52.6 Å². The minimum atomic E-state index is -0.745. The number of nitrogens with zero attached hydrogens (tertiary/aromatic N) is 1. The van der Waals surface area contributed by atoms with E-state index in [-0.39, 0.29) is 17.1 Å². The summed E-state index contributed by atoms with van der Waals surface area (Å²) in [5.74, 6) is -1.41. The van der Waals surface area contributed by atoms with E-state index in [2.05, 4.69) is 38.2 Å². The zero-order valence-electron chi connectivity index (χ0n) is 18.7. The van der Waals surface area contributed by atoms with Crippen LogP contribution in [0.25, 0.3) is 0 Å². The Hall–Kier alpha value is -3.21. The van der Waals surface area contributed by atoms with E-state index in [1.165, 1.54) is 22.6 Å². The lowest BCUT2D eigenvalue weighted by Gasteiger charge is -2.29. The lowest BCUT2D eigenvalue weighted by molar-refractivity contribution is 0.243. The van der Waals surface area contributed by atoms with E-state index in [0.29, 0.717) is 19.4 Å². The second kappa shape index (κ2) is 8.73. The van der Waals surface area contributed by atoms with Crippen LogP contribution in [-0.4, -0.2) is 12.1 Å². The number of hydrogen-bond donors (Lipinski definition) is 1. The predicted octanol–water partition coefficient (Wildman–Crippen LogP) is 6.15. The van der Waals surface area contributed by atoms with Crippen LogP contribution in [0.5, 0.6) is 0 Å². The molecular weight excluding hydrogens is 406 g/mol. The van der Waals surface area contributed by atoms with Crippen LogP contribution in [0, 0.1) is 11.6 Å². The number of nitrogens with one attached hydrogen (secondary N) is 1. The molecule has 0 heterocycles. The van der Waals surface area contributed by atoms with Crippen molar-refractivity contribution >= 4 is 11.7 Å². The van der Waals surface area contributed by atoms with Crippen molar-refractivity contribution in [2.75, 3.05) is 4.90 Å². The van der Waals surface area contributed by atoms with Gasteiger partial charge in [-0.25, -0.2) is 13.6 Å². The number of carbonyl (C=O) groups is 1. The highest BCUT2D eigenvalue weighted by Crippen LogP contribution is 2.31. The highest BCUT2D eigenvalue weighted by molar-refractivity contribution is 5.93. The number of halogens is 2. The van der Waals surface area contributed by atoms with Crippen LogP contribution in [-0.2, 0) is 24.8 Å². The first-order valence-corrected chi connectivity index (χ1v) is 10.9. The molecule has 3 aromatic carbocycles. The van der Waals surface area contributed by atoms with Crippen LogP contribution in [0.4, 0.5) is 19.3 Å². The molecule has 1 aliphatic carbocycles. The molecule has 1 N–H and O–H groups in total. The SMILES string of the molecule is CC(C)(C)c1ccc(CNC(=O)N(c2ccc(F)cc2F)C2Cc3ccccc3C2)cc1. The fourth-order valence-electron chi connectivity index (χ4n) is 4.25. The van der Waals surface area contributed by atoms with Gasteiger partial charge in [0, 0.05) is 18.7 Å². The van der Waals surface area contributed by atoms with Crippen LogP contribution in [0.3, 0.4) is 0 Å². The van der Waals surface area contributed by atoms with Gasteiger partial charge in [-0.1, -0.05) is 69.3 Å². The Morgan fingerprint density at radius 1 is 0.969 bits per heavy atom. The molecule has 0 atom stereocenters. The summed E-state index contributed by atoms with van der Waals surface area (Å²) < 4.78 is 28.2.